The number of aromatic amines is 1. The Hall–Kier alpha value is -1.52. The van der Waals surface area contributed by atoms with E-state index >= 15 is 0 Å². The van der Waals surface area contributed by atoms with E-state index in [4.69, 9.17) is 4.74 Å². The van der Waals surface area contributed by atoms with Gasteiger partial charge in [-0.15, -0.1) is 0 Å². The molecule has 15 heavy (non-hydrogen) atoms. The number of carbonyl (C=O) groups is 1. The van der Waals surface area contributed by atoms with Crippen molar-refractivity contribution in [2.75, 3.05) is 13.1 Å². The van der Waals surface area contributed by atoms with E-state index in [1.807, 2.05) is 0 Å². The molecule has 2 fully saturated rings. The Morgan fingerprint density at radius 2 is 2.33 bits per heavy atom. The number of H-pyrrole nitrogens is 1. The van der Waals surface area contributed by atoms with Crippen LogP contribution in [0.25, 0.3) is 0 Å². The van der Waals surface area contributed by atoms with Crippen molar-refractivity contribution in [2.45, 2.75) is 19.3 Å². The van der Waals surface area contributed by atoms with Crippen LogP contribution < -0.4 is 4.74 Å². The first-order valence-corrected chi connectivity index (χ1v) is 5.24. The topological polar surface area (TPSA) is 58.2 Å². The van der Waals surface area contributed by atoms with Crippen LogP contribution in [0.5, 0.6) is 5.88 Å². The molecule has 1 N–H and O–H groups in total. The van der Waals surface area contributed by atoms with Crippen LogP contribution in [0.4, 0.5) is 4.79 Å². The Bertz CT molecular complexity index is 362. The van der Waals surface area contributed by atoms with E-state index in [9.17, 15) is 4.79 Å². The van der Waals surface area contributed by atoms with Crippen LogP contribution in [-0.2, 0) is 0 Å². The average molecular weight is 207 g/mol. The zero-order chi connectivity index (χ0) is 10.3. The van der Waals surface area contributed by atoms with Gasteiger partial charge in [-0.25, -0.2) is 9.89 Å². The first-order valence-electron chi connectivity index (χ1n) is 5.24. The number of hydrogen-bond acceptors (Lipinski definition) is 3. The van der Waals surface area contributed by atoms with Gasteiger partial charge in [-0.2, -0.15) is 5.10 Å². The number of aromatic nitrogens is 2. The fourth-order valence-electron chi connectivity index (χ4n) is 2.34. The maximum absolute atomic E-state index is 11.6. The first kappa shape index (κ1) is 8.76. The fourth-order valence-corrected chi connectivity index (χ4v) is 2.34. The van der Waals surface area contributed by atoms with Crippen LogP contribution in [0.3, 0.4) is 0 Å². The molecule has 1 aliphatic heterocycles. The molecule has 0 unspecified atom stereocenters. The van der Waals surface area contributed by atoms with Crippen molar-refractivity contribution in [3.05, 3.63) is 12.3 Å². The number of amides is 1. The summed E-state index contributed by atoms with van der Waals surface area (Å²) in [6.07, 6.45) is 5.13. The Morgan fingerprint density at radius 3 is 2.87 bits per heavy atom. The highest BCUT2D eigenvalue weighted by atomic mass is 16.6. The summed E-state index contributed by atoms with van der Waals surface area (Å²) < 4.78 is 5.09. The van der Waals surface area contributed by atoms with Crippen LogP contribution in [0.15, 0.2) is 12.3 Å². The Kier molecular flexibility index (Phi) is 1.74. The predicted octanol–water partition coefficient (Wildman–Crippen LogP) is 1.39. The second-order valence-corrected chi connectivity index (χ2v) is 4.50. The largest absolute Gasteiger partial charge is 0.416 e. The van der Waals surface area contributed by atoms with E-state index < -0.39 is 0 Å². The minimum Gasteiger partial charge on any atom is -0.392 e. The lowest BCUT2D eigenvalue weighted by Gasteiger charge is -2.55. The third kappa shape index (κ3) is 1.38. The van der Waals surface area contributed by atoms with E-state index in [0.717, 1.165) is 13.1 Å². The smallest absolute Gasteiger partial charge is 0.392 e. The molecule has 1 aromatic rings. The maximum atomic E-state index is 11.6. The molecule has 2 aliphatic rings. The Balaban J connectivity index is 1.54. The number of hydrogen-bond donors (Lipinski definition) is 1. The normalized spacial score (nSPS) is 22.0. The third-order valence-corrected chi connectivity index (χ3v) is 3.40. The van der Waals surface area contributed by atoms with Crippen molar-refractivity contribution >= 4 is 6.09 Å². The fraction of sp³-hybridized carbons (Fsp3) is 0.600. The number of nitrogens with zero attached hydrogens (tertiary/aromatic N) is 2. The molecule has 2 heterocycles. The SMILES string of the molecule is O=C(Oc1ccn[nH]1)N1CC2(CCC2)C1. The van der Waals surface area contributed by atoms with E-state index in [2.05, 4.69) is 10.2 Å². The van der Waals surface area contributed by atoms with Gasteiger partial charge < -0.3 is 9.64 Å². The summed E-state index contributed by atoms with van der Waals surface area (Å²) in [4.78, 5) is 13.3. The summed E-state index contributed by atoms with van der Waals surface area (Å²) in [6.45, 7) is 1.72. The Labute approximate surface area is 87.4 Å². The monoisotopic (exact) mass is 207 g/mol. The summed E-state index contributed by atoms with van der Waals surface area (Å²) >= 11 is 0. The number of carbonyl (C=O) groups excluding carboxylic acids is 1. The Morgan fingerprint density at radius 1 is 1.53 bits per heavy atom. The molecule has 1 spiro atoms. The highest BCUT2D eigenvalue weighted by Crippen LogP contribution is 2.48. The summed E-state index contributed by atoms with van der Waals surface area (Å²) in [5.41, 5.74) is 0.451. The molecule has 5 nitrogen and oxygen atoms in total. The van der Waals surface area contributed by atoms with Crippen molar-refractivity contribution < 1.29 is 9.53 Å². The molecule has 1 aliphatic carbocycles. The highest BCUT2D eigenvalue weighted by molar-refractivity contribution is 5.71. The molecule has 1 saturated heterocycles. The average Bonchev–Trinajstić information content (AvgIpc) is 2.51. The molecule has 1 saturated carbocycles. The van der Waals surface area contributed by atoms with Gasteiger partial charge in [0.05, 0.1) is 6.20 Å². The molecule has 5 heteroatoms. The van der Waals surface area contributed by atoms with Gasteiger partial charge >= 0.3 is 6.09 Å². The van der Waals surface area contributed by atoms with Crippen LogP contribution >= 0.6 is 0 Å². The number of likely N-dealkylation sites (tertiary alicyclic amines) is 1. The number of ether oxygens (including phenoxy) is 1. The van der Waals surface area contributed by atoms with Gasteiger partial charge in [-0.1, -0.05) is 6.42 Å². The van der Waals surface area contributed by atoms with Gasteiger partial charge in [-0.3, -0.25) is 0 Å². The van der Waals surface area contributed by atoms with Crippen molar-refractivity contribution in [3.63, 3.8) is 0 Å². The quantitative estimate of drug-likeness (QED) is 0.757. The summed E-state index contributed by atoms with van der Waals surface area (Å²) in [5.74, 6) is 0.412. The molecule has 80 valence electrons. The van der Waals surface area contributed by atoms with E-state index in [0.29, 0.717) is 11.3 Å². The van der Waals surface area contributed by atoms with Crippen LogP contribution in [-0.4, -0.2) is 34.3 Å². The van der Waals surface area contributed by atoms with Crippen molar-refractivity contribution in [1.82, 2.24) is 15.1 Å². The predicted molar refractivity (Wildman–Crippen MR) is 52.5 cm³/mol. The first-order chi connectivity index (χ1) is 7.27. The van der Waals surface area contributed by atoms with Crippen molar-refractivity contribution in [2.24, 2.45) is 5.41 Å². The molecule has 0 radical (unpaired) electrons. The summed E-state index contributed by atoms with van der Waals surface area (Å²) in [5, 5.41) is 6.31. The molecular formula is C10H13N3O2. The summed E-state index contributed by atoms with van der Waals surface area (Å²) in [7, 11) is 0. The molecule has 1 amide bonds. The van der Waals surface area contributed by atoms with Gasteiger partial charge in [0.1, 0.15) is 0 Å². The lowest BCUT2D eigenvalue weighted by atomic mass is 9.64. The summed E-state index contributed by atoms with van der Waals surface area (Å²) in [6, 6.07) is 1.64. The van der Waals surface area contributed by atoms with Gasteiger partial charge in [0.2, 0.25) is 5.88 Å². The van der Waals surface area contributed by atoms with Gasteiger partial charge in [0, 0.05) is 24.6 Å². The van der Waals surface area contributed by atoms with Crippen LogP contribution in [0.1, 0.15) is 19.3 Å². The molecule has 1 aromatic heterocycles. The zero-order valence-corrected chi connectivity index (χ0v) is 8.40. The second kappa shape index (κ2) is 2.98. The minimum absolute atomic E-state index is 0.267. The molecule has 3 rings (SSSR count). The van der Waals surface area contributed by atoms with Gasteiger partial charge in [0.15, 0.2) is 0 Å². The van der Waals surface area contributed by atoms with Crippen molar-refractivity contribution in [1.29, 1.82) is 0 Å². The standard InChI is InChI=1S/C10H13N3O2/c14-9(15-8-2-5-11-12-8)13-6-10(7-13)3-1-4-10/h2,5H,1,3-4,6-7H2,(H,11,12). The lowest BCUT2D eigenvalue weighted by molar-refractivity contribution is -0.0431. The highest BCUT2D eigenvalue weighted by Gasteiger charge is 2.49. The van der Waals surface area contributed by atoms with Gasteiger partial charge in [0.25, 0.3) is 0 Å². The van der Waals surface area contributed by atoms with Gasteiger partial charge in [-0.05, 0) is 12.8 Å². The lowest BCUT2D eigenvalue weighted by Crippen LogP contribution is -2.61. The number of nitrogens with one attached hydrogen (secondary N) is 1. The van der Waals surface area contributed by atoms with E-state index in [1.165, 1.54) is 19.3 Å². The minimum atomic E-state index is -0.267. The van der Waals surface area contributed by atoms with Crippen LogP contribution in [0.2, 0.25) is 0 Å². The van der Waals surface area contributed by atoms with E-state index in [1.54, 1.807) is 17.2 Å². The molecular weight excluding hydrogens is 194 g/mol. The second-order valence-electron chi connectivity index (χ2n) is 4.50. The number of rotatable bonds is 1. The van der Waals surface area contributed by atoms with Crippen molar-refractivity contribution in [3.8, 4) is 5.88 Å². The molecule has 0 bridgehead atoms. The van der Waals surface area contributed by atoms with Crippen LogP contribution in [0, 0.1) is 5.41 Å². The third-order valence-electron chi connectivity index (χ3n) is 3.40. The van der Waals surface area contributed by atoms with E-state index in [-0.39, 0.29) is 6.09 Å². The molecule has 0 atom stereocenters. The molecule has 0 aromatic carbocycles. The zero-order valence-electron chi connectivity index (χ0n) is 8.40. The maximum Gasteiger partial charge on any atom is 0.416 e.